The Labute approximate surface area is 416 Å². The SMILES string of the molecule is Nc1nc(=O)n([C@@H]2O[C@H](COP(=O)(O)O)C(OP(=O)(O)O)C2O)cc1CCCNC(=O)CCSSCCNC(=O)CCOCCOCCOCCOCCNC(=O)CCCC[C@@H]1SC[C@@H]2NC(=O)N[C@@H]21. The number of aryl methyl sites for hydroxylation is 1. The van der Waals surface area contributed by atoms with Crippen LogP contribution in [0.15, 0.2) is 11.0 Å². The summed E-state index contributed by atoms with van der Waals surface area (Å²) in [5.74, 6) is 1.60. The van der Waals surface area contributed by atoms with Crippen LogP contribution < -0.4 is 38.0 Å². The molecule has 400 valence electrons. The van der Waals surface area contributed by atoms with E-state index in [0.29, 0.717) is 94.5 Å². The number of rotatable bonds is 37. The van der Waals surface area contributed by atoms with Crippen LogP contribution in [0.5, 0.6) is 0 Å². The molecule has 3 fully saturated rings. The fraction of sp³-hybridized carbons (Fsp3) is 0.789. The third-order valence-electron chi connectivity index (χ3n) is 10.5. The van der Waals surface area contributed by atoms with Gasteiger partial charge in [-0.25, -0.2) is 18.7 Å². The Kier molecular flexibility index (Phi) is 27.3. The number of aliphatic hydroxyl groups is 1. The van der Waals surface area contributed by atoms with Gasteiger partial charge in [0.15, 0.2) is 6.23 Å². The van der Waals surface area contributed by atoms with Gasteiger partial charge in [0.1, 0.15) is 24.1 Å². The first-order valence-electron chi connectivity index (χ1n) is 22.6. The maximum absolute atomic E-state index is 12.7. The number of nitrogens with one attached hydrogen (secondary N) is 5. The van der Waals surface area contributed by atoms with Gasteiger partial charge in [-0.15, -0.1) is 0 Å². The highest BCUT2D eigenvalue weighted by Gasteiger charge is 2.49. The van der Waals surface area contributed by atoms with Crippen LogP contribution in [0.2, 0.25) is 0 Å². The van der Waals surface area contributed by atoms with Gasteiger partial charge in [0.25, 0.3) is 0 Å². The standard InChI is InChI=1S/C38H66N8O19P2S3/c39-35-25(22-46(38(52)45-35)36-33(50)34(65-67(56,57)58)27(64-36)23-63-66(53,54)55)4-3-9-40-31(49)8-20-69-70-21-11-42-30(48)7-12-59-14-16-61-18-19-62-17-15-60-13-10-41-29(47)6-2-1-5-28-32-26(24-68-28)43-37(51)44-32/h22,26-28,32-34,36,50H,1-21,23-24H2,(H,40,49)(H,41,47)(H,42,48)(H2,39,45,52)(H2,43,44,51)(H2,53,54,55)(H2,56,57,58)/t26-,27+,28-,32-,33?,34?,36+/m0/s1. The Morgan fingerprint density at radius 2 is 1.44 bits per heavy atom. The number of hydrogen-bond donors (Lipinski definition) is 11. The Morgan fingerprint density at radius 1 is 0.814 bits per heavy atom. The fourth-order valence-corrected chi connectivity index (χ4v) is 11.5. The Hall–Kier alpha value is -2.61. The monoisotopic (exact) mass is 1100 g/mol. The lowest BCUT2D eigenvalue weighted by atomic mass is 10.0. The van der Waals surface area contributed by atoms with E-state index in [1.54, 1.807) is 0 Å². The molecule has 7 atom stereocenters. The first kappa shape index (κ1) is 59.9. The molecule has 3 aliphatic rings. The van der Waals surface area contributed by atoms with Crippen molar-refractivity contribution in [2.45, 2.75) is 93.2 Å². The highest BCUT2D eigenvalue weighted by Crippen LogP contribution is 2.45. The molecule has 0 radical (unpaired) electrons. The van der Waals surface area contributed by atoms with Crippen molar-refractivity contribution >= 4 is 78.6 Å². The number of ether oxygens (including phenoxy) is 5. The average molecular weight is 1100 g/mol. The normalized spacial score (nSPS) is 22.1. The fourth-order valence-electron chi connectivity index (χ4n) is 7.16. The van der Waals surface area contributed by atoms with Gasteiger partial charge in [-0.05, 0) is 25.7 Å². The molecule has 3 saturated heterocycles. The van der Waals surface area contributed by atoms with Crippen molar-refractivity contribution in [2.24, 2.45) is 0 Å². The number of amides is 5. The van der Waals surface area contributed by atoms with E-state index in [1.807, 2.05) is 11.8 Å². The molecule has 2 unspecified atom stereocenters. The predicted molar refractivity (Wildman–Crippen MR) is 256 cm³/mol. The molecule has 4 heterocycles. The van der Waals surface area contributed by atoms with Crippen molar-refractivity contribution in [3.63, 3.8) is 0 Å². The number of nitrogens with two attached hydrogens (primary N) is 1. The molecule has 0 aromatic carbocycles. The van der Waals surface area contributed by atoms with Crippen LogP contribution in [0.25, 0.3) is 0 Å². The van der Waals surface area contributed by atoms with Gasteiger partial charge in [-0.1, -0.05) is 28.0 Å². The molecule has 0 spiro atoms. The summed E-state index contributed by atoms with van der Waals surface area (Å²) < 4.78 is 59.8. The summed E-state index contributed by atoms with van der Waals surface area (Å²) in [7, 11) is -7.31. The van der Waals surface area contributed by atoms with Gasteiger partial charge >= 0.3 is 27.4 Å². The van der Waals surface area contributed by atoms with E-state index in [2.05, 4.69) is 40.6 Å². The number of phosphoric ester groups is 2. The van der Waals surface area contributed by atoms with Gasteiger partial charge in [0.05, 0.1) is 71.5 Å². The van der Waals surface area contributed by atoms with Crippen LogP contribution in [0.4, 0.5) is 10.6 Å². The lowest BCUT2D eigenvalue weighted by molar-refractivity contribution is -0.122. The number of urea groups is 1. The van der Waals surface area contributed by atoms with Gasteiger partial charge < -0.3 is 80.7 Å². The minimum atomic E-state index is -5.24. The maximum atomic E-state index is 12.7. The predicted octanol–water partition coefficient (Wildman–Crippen LogP) is -1.09. The van der Waals surface area contributed by atoms with Crippen LogP contribution >= 0.6 is 49.0 Å². The van der Waals surface area contributed by atoms with Gasteiger partial charge in [-0.3, -0.25) is 28.0 Å². The minimum absolute atomic E-state index is 0.00393. The molecule has 4 rings (SSSR count). The topological polar surface area (TPSA) is 389 Å². The number of unbranched alkanes of at least 4 members (excludes halogenated alkanes) is 1. The summed E-state index contributed by atoms with van der Waals surface area (Å²) in [5, 5.41) is 25.6. The van der Waals surface area contributed by atoms with E-state index >= 15 is 0 Å². The second kappa shape index (κ2) is 31.9. The van der Waals surface area contributed by atoms with Crippen LogP contribution in [0, 0.1) is 0 Å². The van der Waals surface area contributed by atoms with Crippen molar-refractivity contribution in [3.8, 4) is 0 Å². The van der Waals surface area contributed by atoms with Gasteiger partial charge in [0, 0.05) is 73.2 Å². The first-order chi connectivity index (χ1) is 33.4. The van der Waals surface area contributed by atoms with Crippen LogP contribution in [-0.4, -0.2) is 190 Å². The molecule has 12 N–H and O–H groups in total. The second-order valence-electron chi connectivity index (χ2n) is 15.9. The quantitative estimate of drug-likeness (QED) is 0.0163. The van der Waals surface area contributed by atoms with E-state index in [1.165, 1.54) is 27.8 Å². The summed E-state index contributed by atoms with van der Waals surface area (Å²) in [6.07, 6.45) is -1.62. The summed E-state index contributed by atoms with van der Waals surface area (Å²) >= 11 is 1.88. The van der Waals surface area contributed by atoms with Crippen molar-refractivity contribution in [1.29, 1.82) is 0 Å². The summed E-state index contributed by atoms with van der Waals surface area (Å²) in [4.78, 5) is 101. The van der Waals surface area contributed by atoms with Gasteiger partial charge in [-0.2, -0.15) is 16.7 Å². The number of aromatic nitrogens is 2. The largest absolute Gasteiger partial charge is 0.470 e. The van der Waals surface area contributed by atoms with Crippen LogP contribution in [-0.2, 0) is 62.7 Å². The molecule has 0 bridgehead atoms. The molecular formula is C38H66N8O19P2S3. The Balaban J connectivity index is 0.900. The third kappa shape index (κ3) is 23.5. The number of anilines is 1. The zero-order valence-electron chi connectivity index (χ0n) is 38.4. The maximum Gasteiger partial charge on any atom is 0.470 e. The highest BCUT2D eigenvalue weighted by atomic mass is 33.1. The molecular weight excluding hydrogens is 1030 g/mol. The first-order valence-corrected chi connectivity index (χ1v) is 29.2. The molecule has 1 aromatic heterocycles. The van der Waals surface area contributed by atoms with E-state index in [-0.39, 0.29) is 74.1 Å². The Morgan fingerprint density at radius 3 is 2.14 bits per heavy atom. The van der Waals surface area contributed by atoms with Gasteiger partial charge in [0.2, 0.25) is 17.7 Å². The molecule has 1 aromatic rings. The molecule has 0 saturated carbocycles. The van der Waals surface area contributed by atoms with Crippen molar-refractivity contribution in [1.82, 2.24) is 36.1 Å². The number of fused-ring (bicyclic) bond motifs is 1. The third-order valence-corrected chi connectivity index (χ3v) is 15.4. The van der Waals surface area contributed by atoms with E-state index in [9.17, 15) is 48.0 Å². The number of aliphatic hydroxyl groups excluding tert-OH is 1. The highest BCUT2D eigenvalue weighted by molar-refractivity contribution is 8.76. The number of hydrogen-bond acceptors (Lipinski definition) is 20. The zero-order valence-corrected chi connectivity index (χ0v) is 42.7. The number of phosphoric acid groups is 2. The minimum Gasteiger partial charge on any atom is -0.386 e. The lowest BCUT2D eigenvalue weighted by Crippen LogP contribution is -2.38. The summed E-state index contributed by atoms with van der Waals surface area (Å²) in [6.45, 7) is 3.09. The van der Waals surface area contributed by atoms with Crippen molar-refractivity contribution in [3.05, 3.63) is 22.2 Å². The molecule has 70 heavy (non-hydrogen) atoms. The van der Waals surface area contributed by atoms with E-state index < -0.39 is 52.5 Å². The molecule has 3 aliphatic heterocycles. The number of carbonyl (C=O) groups excluding carboxylic acids is 4. The zero-order chi connectivity index (χ0) is 50.9. The smallest absolute Gasteiger partial charge is 0.386 e. The van der Waals surface area contributed by atoms with Crippen LogP contribution in [0.3, 0.4) is 0 Å². The molecule has 32 heteroatoms. The Bertz CT molecular complexity index is 1960. The summed E-state index contributed by atoms with van der Waals surface area (Å²) in [6, 6.07) is 0.322. The van der Waals surface area contributed by atoms with E-state index in [0.717, 1.165) is 29.6 Å². The van der Waals surface area contributed by atoms with Crippen molar-refractivity contribution in [2.75, 3.05) is 102 Å². The van der Waals surface area contributed by atoms with Crippen molar-refractivity contribution < 1.29 is 85.7 Å². The second-order valence-corrected chi connectivity index (χ2v) is 22.3. The van der Waals surface area contributed by atoms with E-state index in [4.69, 9.17) is 39.2 Å². The number of thioether (sulfide) groups is 1. The number of nitrogens with zero attached hydrogens (tertiary/aromatic N) is 2. The lowest BCUT2D eigenvalue weighted by Gasteiger charge is -2.21. The average Bonchev–Trinajstić information content (AvgIpc) is 3.95. The number of nitrogen functional groups attached to an aromatic ring is 1. The number of carbonyl (C=O) groups is 4. The molecule has 27 nitrogen and oxygen atoms in total. The molecule has 0 aliphatic carbocycles. The van der Waals surface area contributed by atoms with Crippen LogP contribution in [0.1, 0.15) is 56.7 Å². The molecule has 5 amide bonds. The summed E-state index contributed by atoms with van der Waals surface area (Å²) in [5.41, 5.74) is 5.23.